The average Bonchev–Trinajstić information content (AvgIpc) is 2.51. The van der Waals surface area contributed by atoms with Crippen LogP contribution in [0.3, 0.4) is 0 Å². The fraction of sp³-hybridized carbons (Fsp3) is 0.125. The number of benzene rings is 1. The van der Waals surface area contributed by atoms with Crippen molar-refractivity contribution >= 4 is 5.82 Å². The SMILES string of the molecule is C=CC(F)C/C=C/Nc1cc(-c2ccccc2)[nH]c(=O)n1. The van der Waals surface area contributed by atoms with Crippen LogP contribution in [-0.4, -0.2) is 16.1 Å². The fourth-order valence-electron chi connectivity index (χ4n) is 1.74. The van der Waals surface area contributed by atoms with Gasteiger partial charge in [-0.1, -0.05) is 42.5 Å². The summed E-state index contributed by atoms with van der Waals surface area (Å²) in [5.74, 6) is 0.405. The van der Waals surface area contributed by atoms with Gasteiger partial charge in [0.1, 0.15) is 12.0 Å². The maximum absolute atomic E-state index is 12.9. The Morgan fingerprint density at radius 2 is 2.14 bits per heavy atom. The molecule has 0 fully saturated rings. The summed E-state index contributed by atoms with van der Waals surface area (Å²) in [4.78, 5) is 18.1. The van der Waals surface area contributed by atoms with E-state index >= 15 is 0 Å². The smallest absolute Gasteiger partial charge is 0.347 e. The number of nitrogens with one attached hydrogen (secondary N) is 2. The number of aromatic nitrogens is 2. The molecule has 1 heterocycles. The first-order valence-electron chi connectivity index (χ1n) is 6.54. The molecule has 2 aromatic rings. The summed E-state index contributed by atoms with van der Waals surface area (Å²) in [6.45, 7) is 3.37. The van der Waals surface area contributed by atoms with Gasteiger partial charge in [-0.25, -0.2) is 9.18 Å². The molecule has 0 aliphatic heterocycles. The van der Waals surface area contributed by atoms with Gasteiger partial charge in [-0.2, -0.15) is 4.98 Å². The maximum atomic E-state index is 12.9. The summed E-state index contributed by atoms with van der Waals surface area (Å²) in [5, 5.41) is 2.86. The van der Waals surface area contributed by atoms with Gasteiger partial charge in [0.05, 0.1) is 5.69 Å². The van der Waals surface area contributed by atoms with Gasteiger partial charge in [0.25, 0.3) is 0 Å². The number of rotatable bonds is 6. The summed E-state index contributed by atoms with van der Waals surface area (Å²) >= 11 is 0. The fourth-order valence-corrected chi connectivity index (χ4v) is 1.74. The Morgan fingerprint density at radius 1 is 1.38 bits per heavy atom. The molecule has 0 bridgehead atoms. The lowest BCUT2D eigenvalue weighted by Gasteiger charge is -2.04. The number of alkyl halides is 1. The Balaban J connectivity index is 2.13. The van der Waals surface area contributed by atoms with Gasteiger partial charge in [-0.05, 0) is 11.8 Å². The predicted octanol–water partition coefficient (Wildman–Crippen LogP) is 3.28. The zero-order chi connectivity index (χ0) is 15.1. The summed E-state index contributed by atoms with van der Waals surface area (Å²) in [6.07, 6.45) is 3.58. The molecule has 0 saturated carbocycles. The number of hydrogen-bond acceptors (Lipinski definition) is 3. The normalized spacial score (nSPS) is 12.2. The van der Waals surface area contributed by atoms with Gasteiger partial charge in [-0.3, -0.25) is 0 Å². The minimum absolute atomic E-state index is 0.227. The van der Waals surface area contributed by atoms with Crippen molar-refractivity contribution in [2.75, 3.05) is 5.32 Å². The molecule has 0 amide bonds. The van der Waals surface area contributed by atoms with Crippen LogP contribution in [0.1, 0.15) is 6.42 Å². The van der Waals surface area contributed by atoms with E-state index in [4.69, 9.17) is 0 Å². The van der Waals surface area contributed by atoms with E-state index in [0.29, 0.717) is 11.5 Å². The number of hydrogen-bond donors (Lipinski definition) is 2. The summed E-state index contributed by atoms with van der Waals surface area (Å²) in [6, 6.07) is 11.2. The monoisotopic (exact) mass is 285 g/mol. The lowest BCUT2D eigenvalue weighted by atomic mass is 10.1. The van der Waals surface area contributed by atoms with E-state index < -0.39 is 11.9 Å². The summed E-state index contributed by atoms with van der Waals surface area (Å²) in [7, 11) is 0. The highest BCUT2D eigenvalue weighted by molar-refractivity contribution is 5.62. The van der Waals surface area contributed by atoms with Crippen LogP contribution in [0.25, 0.3) is 11.3 Å². The first-order chi connectivity index (χ1) is 10.2. The van der Waals surface area contributed by atoms with Crippen LogP contribution >= 0.6 is 0 Å². The molecule has 2 N–H and O–H groups in total. The second-order valence-electron chi connectivity index (χ2n) is 4.39. The molecule has 0 spiro atoms. The Morgan fingerprint density at radius 3 is 2.86 bits per heavy atom. The molecular formula is C16H16FN3O. The first-order valence-corrected chi connectivity index (χ1v) is 6.54. The zero-order valence-corrected chi connectivity index (χ0v) is 11.4. The number of nitrogens with zero attached hydrogens (tertiary/aromatic N) is 1. The second kappa shape index (κ2) is 7.19. The van der Waals surface area contributed by atoms with Crippen LogP contribution < -0.4 is 11.0 Å². The molecule has 2 rings (SSSR count). The van der Waals surface area contributed by atoms with Gasteiger partial charge >= 0.3 is 5.69 Å². The van der Waals surface area contributed by atoms with Crippen LogP contribution in [0.4, 0.5) is 10.2 Å². The van der Waals surface area contributed by atoms with E-state index in [-0.39, 0.29) is 6.42 Å². The van der Waals surface area contributed by atoms with Crippen LogP contribution in [0.5, 0.6) is 0 Å². The van der Waals surface area contributed by atoms with Gasteiger partial charge < -0.3 is 10.3 Å². The Labute approximate surface area is 122 Å². The third-order valence-electron chi connectivity index (χ3n) is 2.80. The van der Waals surface area contributed by atoms with Crippen LogP contribution in [0, 0.1) is 0 Å². The Kier molecular flexibility index (Phi) is 5.04. The highest BCUT2D eigenvalue weighted by Gasteiger charge is 2.02. The molecule has 0 radical (unpaired) electrons. The molecule has 0 aliphatic carbocycles. The molecule has 5 heteroatoms. The van der Waals surface area contributed by atoms with Gasteiger partial charge in [-0.15, -0.1) is 6.58 Å². The lowest BCUT2D eigenvalue weighted by Crippen LogP contribution is -2.12. The zero-order valence-electron chi connectivity index (χ0n) is 11.4. The van der Waals surface area contributed by atoms with Crippen molar-refractivity contribution in [1.82, 2.24) is 9.97 Å². The molecular weight excluding hydrogens is 269 g/mol. The van der Waals surface area contributed by atoms with Crippen LogP contribution in [0.2, 0.25) is 0 Å². The second-order valence-corrected chi connectivity index (χ2v) is 4.39. The largest absolute Gasteiger partial charge is 0.347 e. The molecule has 0 saturated heterocycles. The molecule has 4 nitrogen and oxygen atoms in total. The highest BCUT2D eigenvalue weighted by atomic mass is 19.1. The quantitative estimate of drug-likeness (QED) is 0.801. The standard InChI is InChI=1S/C16H16FN3O/c1-2-13(17)9-6-10-18-15-11-14(19-16(21)20-15)12-7-4-3-5-8-12/h2-8,10-11,13H,1,9H2,(H2,18,19,20,21)/b10-6+. The summed E-state index contributed by atoms with van der Waals surface area (Å²) in [5.41, 5.74) is 1.11. The minimum atomic E-state index is -1.07. The van der Waals surface area contributed by atoms with Crippen molar-refractivity contribution in [2.45, 2.75) is 12.6 Å². The molecule has 1 unspecified atom stereocenters. The van der Waals surface area contributed by atoms with E-state index in [2.05, 4.69) is 21.9 Å². The van der Waals surface area contributed by atoms with E-state index in [1.165, 1.54) is 6.08 Å². The number of allylic oxidation sites excluding steroid dienone is 2. The maximum Gasteiger partial charge on any atom is 0.347 e. The van der Waals surface area contributed by atoms with Crippen LogP contribution in [0.15, 0.2) is 66.1 Å². The first kappa shape index (κ1) is 14.7. The van der Waals surface area contributed by atoms with E-state index in [1.807, 2.05) is 30.3 Å². The topological polar surface area (TPSA) is 57.8 Å². The number of anilines is 1. The van der Waals surface area contributed by atoms with Crippen molar-refractivity contribution in [3.05, 3.63) is 71.8 Å². The van der Waals surface area contributed by atoms with E-state index in [9.17, 15) is 9.18 Å². The number of aromatic amines is 1. The third kappa shape index (κ3) is 4.42. The van der Waals surface area contributed by atoms with Crippen molar-refractivity contribution in [3.8, 4) is 11.3 Å². The van der Waals surface area contributed by atoms with Gasteiger partial charge in [0.15, 0.2) is 0 Å². The van der Waals surface area contributed by atoms with E-state index in [0.717, 1.165) is 5.56 Å². The molecule has 1 aromatic carbocycles. The molecule has 0 aliphatic rings. The minimum Gasteiger partial charge on any atom is -0.347 e. The lowest BCUT2D eigenvalue weighted by molar-refractivity contribution is 0.404. The molecule has 21 heavy (non-hydrogen) atoms. The van der Waals surface area contributed by atoms with Gasteiger partial charge in [0, 0.05) is 12.5 Å². The average molecular weight is 285 g/mol. The van der Waals surface area contributed by atoms with Crippen molar-refractivity contribution in [2.24, 2.45) is 0 Å². The van der Waals surface area contributed by atoms with Gasteiger partial charge in [0.2, 0.25) is 0 Å². The van der Waals surface area contributed by atoms with Crippen molar-refractivity contribution in [3.63, 3.8) is 0 Å². The Bertz CT molecular complexity index is 679. The number of halogens is 1. The highest BCUT2D eigenvalue weighted by Crippen LogP contribution is 2.16. The molecule has 108 valence electrons. The number of H-pyrrole nitrogens is 1. The van der Waals surface area contributed by atoms with E-state index in [1.54, 1.807) is 18.3 Å². The van der Waals surface area contributed by atoms with Crippen molar-refractivity contribution < 1.29 is 4.39 Å². The third-order valence-corrected chi connectivity index (χ3v) is 2.80. The Hall–Kier alpha value is -2.69. The summed E-state index contributed by atoms with van der Waals surface area (Å²) < 4.78 is 12.9. The molecule has 1 aromatic heterocycles. The van der Waals surface area contributed by atoms with Crippen molar-refractivity contribution in [1.29, 1.82) is 0 Å². The predicted molar refractivity (Wildman–Crippen MR) is 82.8 cm³/mol. The molecule has 1 atom stereocenters. The van der Waals surface area contributed by atoms with Crippen LogP contribution in [-0.2, 0) is 0 Å².